The van der Waals surface area contributed by atoms with Gasteiger partial charge in [0, 0.05) is 0 Å². The first-order valence-corrected chi connectivity index (χ1v) is 6.13. The van der Waals surface area contributed by atoms with Crippen LogP contribution >= 0.6 is 0 Å². The van der Waals surface area contributed by atoms with E-state index < -0.39 is 0 Å². The van der Waals surface area contributed by atoms with Crippen LogP contribution in [0.25, 0.3) is 10.8 Å². The van der Waals surface area contributed by atoms with Crippen LogP contribution in [-0.2, 0) is 6.42 Å². The molecule has 84 valence electrons. The van der Waals surface area contributed by atoms with Gasteiger partial charge in [0.25, 0.3) is 0 Å². The predicted octanol–water partition coefficient (Wildman–Crippen LogP) is 4.72. The maximum absolute atomic E-state index is 2.33. The summed E-state index contributed by atoms with van der Waals surface area (Å²) in [5.74, 6) is 0. The van der Waals surface area contributed by atoms with Crippen molar-refractivity contribution in [2.75, 3.05) is 0 Å². The van der Waals surface area contributed by atoms with Gasteiger partial charge in [-0.3, -0.25) is 0 Å². The van der Waals surface area contributed by atoms with Crippen molar-refractivity contribution in [3.63, 3.8) is 0 Å². The van der Waals surface area contributed by atoms with Gasteiger partial charge < -0.3 is 0 Å². The standard InChI is InChI=1S/C16H20/c1-5-7-14-12(3)10-13(4)15-9-6-8-11(2)16(14)15/h6,8-10H,5,7H2,1-4H3. The molecule has 0 heteroatoms. The Morgan fingerprint density at radius 3 is 2.38 bits per heavy atom. The third-order valence-electron chi connectivity index (χ3n) is 3.41. The van der Waals surface area contributed by atoms with Gasteiger partial charge in [-0.1, -0.05) is 37.6 Å². The van der Waals surface area contributed by atoms with Crippen LogP contribution in [0.1, 0.15) is 35.6 Å². The molecule has 0 saturated carbocycles. The summed E-state index contributed by atoms with van der Waals surface area (Å²) in [5, 5.41) is 2.91. The van der Waals surface area contributed by atoms with Gasteiger partial charge in [-0.15, -0.1) is 0 Å². The summed E-state index contributed by atoms with van der Waals surface area (Å²) in [6.45, 7) is 8.93. The zero-order chi connectivity index (χ0) is 11.7. The van der Waals surface area contributed by atoms with Gasteiger partial charge in [0.2, 0.25) is 0 Å². The molecule has 0 aliphatic heterocycles. The molecule has 0 N–H and O–H groups in total. The first-order valence-electron chi connectivity index (χ1n) is 6.13. The molecular weight excluding hydrogens is 192 g/mol. The molecule has 0 fully saturated rings. The van der Waals surface area contributed by atoms with Crippen molar-refractivity contribution in [2.24, 2.45) is 0 Å². The van der Waals surface area contributed by atoms with E-state index in [2.05, 4.69) is 52.0 Å². The van der Waals surface area contributed by atoms with E-state index >= 15 is 0 Å². The average molecular weight is 212 g/mol. The molecule has 0 atom stereocenters. The molecule has 2 aromatic rings. The highest BCUT2D eigenvalue weighted by Crippen LogP contribution is 2.29. The molecule has 0 nitrogen and oxygen atoms in total. The van der Waals surface area contributed by atoms with Gasteiger partial charge >= 0.3 is 0 Å². The molecule has 2 rings (SSSR count). The lowest BCUT2D eigenvalue weighted by Crippen LogP contribution is -1.95. The van der Waals surface area contributed by atoms with Gasteiger partial charge in [0.15, 0.2) is 0 Å². The summed E-state index contributed by atoms with van der Waals surface area (Å²) >= 11 is 0. The first kappa shape index (κ1) is 11.2. The monoisotopic (exact) mass is 212 g/mol. The third kappa shape index (κ3) is 1.73. The maximum Gasteiger partial charge on any atom is -0.0117 e. The van der Waals surface area contributed by atoms with Gasteiger partial charge in [-0.05, 0) is 60.2 Å². The Kier molecular flexibility index (Phi) is 3.00. The molecule has 0 unspecified atom stereocenters. The lowest BCUT2D eigenvalue weighted by atomic mass is 9.91. The van der Waals surface area contributed by atoms with Crippen molar-refractivity contribution in [1.82, 2.24) is 0 Å². The Bertz CT molecular complexity index is 521. The van der Waals surface area contributed by atoms with Crippen LogP contribution < -0.4 is 0 Å². The van der Waals surface area contributed by atoms with Crippen LogP contribution in [0.15, 0.2) is 24.3 Å². The van der Waals surface area contributed by atoms with Gasteiger partial charge in [0.1, 0.15) is 0 Å². The van der Waals surface area contributed by atoms with Gasteiger partial charge in [-0.2, -0.15) is 0 Å². The molecule has 0 radical (unpaired) electrons. The minimum atomic E-state index is 1.19. The fourth-order valence-corrected chi connectivity index (χ4v) is 2.66. The second kappa shape index (κ2) is 4.29. The second-order valence-electron chi connectivity index (χ2n) is 4.74. The van der Waals surface area contributed by atoms with Gasteiger partial charge in [-0.25, -0.2) is 0 Å². The van der Waals surface area contributed by atoms with E-state index in [4.69, 9.17) is 0 Å². The summed E-state index contributed by atoms with van der Waals surface area (Å²) in [5.41, 5.74) is 5.80. The van der Waals surface area contributed by atoms with E-state index in [1.54, 1.807) is 5.56 Å². The van der Waals surface area contributed by atoms with Crippen molar-refractivity contribution in [3.8, 4) is 0 Å². The molecule has 0 amide bonds. The SMILES string of the molecule is CCCc1c(C)cc(C)c2cccc(C)c12. The van der Waals surface area contributed by atoms with Crippen LogP contribution in [0.2, 0.25) is 0 Å². The molecule has 0 bridgehead atoms. The molecule has 0 saturated heterocycles. The van der Waals surface area contributed by atoms with Crippen molar-refractivity contribution in [2.45, 2.75) is 40.5 Å². The van der Waals surface area contributed by atoms with Crippen molar-refractivity contribution in [1.29, 1.82) is 0 Å². The normalized spacial score (nSPS) is 11.0. The van der Waals surface area contributed by atoms with E-state index in [9.17, 15) is 0 Å². The number of rotatable bonds is 2. The molecule has 0 aliphatic carbocycles. The first-order chi connectivity index (χ1) is 7.65. The van der Waals surface area contributed by atoms with E-state index in [0.717, 1.165) is 0 Å². The number of hydrogen-bond donors (Lipinski definition) is 0. The summed E-state index contributed by atoms with van der Waals surface area (Å²) in [7, 11) is 0. The summed E-state index contributed by atoms with van der Waals surface area (Å²) in [4.78, 5) is 0. The highest BCUT2D eigenvalue weighted by atomic mass is 14.1. The van der Waals surface area contributed by atoms with Crippen LogP contribution in [0.4, 0.5) is 0 Å². The second-order valence-corrected chi connectivity index (χ2v) is 4.74. The predicted molar refractivity (Wildman–Crippen MR) is 72.2 cm³/mol. The zero-order valence-electron chi connectivity index (χ0n) is 10.7. The number of hydrogen-bond acceptors (Lipinski definition) is 0. The van der Waals surface area contributed by atoms with E-state index in [1.165, 1.54) is 40.3 Å². The molecule has 0 aliphatic rings. The zero-order valence-corrected chi connectivity index (χ0v) is 10.7. The van der Waals surface area contributed by atoms with Crippen molar-refractivity contribution < 1.29 is 0 Å². The topological polar surface area (TPSA) is 0 Å². The fraction of sp³-hybridized carbons (Fsp3) is 0.375. The summed E-state index contributed by atoms with van der Waals surface area (Å²) in [6, 6.07) is 8.96. The van der Waals surface area contributed by atoms with Crippen LogP contribution in [0.5, 0.6) is 0 Å². The molecule has 16 heavy (non-hydrogen) atoms. The average Bonchev–Trinajstić information content (AvgIpc) is 2.24. The largest absolute Gasteiger partial charge is 0.0651 e. The third-order valence-corrected chi connectivity index (χ3v) is 3.41. The van der Waals surface area contributed by atoms with E-state index in [1.807, 2.05) is 0 Å². The van der Waals surface area contributed by atoms with Crippen molar-refractivity contribution >= 4 is 10.8 Å². The summed E-state index contributed by atoms with van der Waals surface area (Å²) in [6.07, 6.45) is 2.40. The fourth-order valence-electron chi connectivity index (χ4n) is 2.66. The Balaban J connectivity index is 2.86. The molecule has 0 aromatic heterocycles. The Morgan fingerprint density at radius 2 is 1.69 bits per heavy atom. The van der Waals surface area contributed by atoms with Gasteiger partial charge in [0.05, 0.1) is 0 Å². The smallest absolute Gasteiger partial charge is 0.0117 e. The molecule has 2 aromatic carbocycles. The summed E-state index contributed by atoms with van der Waals surface area (Å²) < 4.78 is 0. The maximum atomic E-state index is 2.33. The number of aryl methyl sites for hydroxylation is 4. The van der Waals surface area contributed by atoms with Crippen LogP contribution in [0, 0.1) is 20.8 Å². The Morgan fingerprint density at radius 1 is 0.938 bits per heavy atom. The van der Waals surface area contributed by atoms with E-state index in [-0.39, 0.29) is 0 Å². The quantitative estimate of drug-likeness (QED) is 0.676. The molecule has 0 heterocycles. The minimum absolute atomic E-state index is 1.19. The lowest BCUT2D eigenvalue weighted by Gasteiger charge is -2.14. The molecule has 0 spiro atoms. The minimum Gasteiger partial charge on any atom is -0.0651 e. The highest BCUT2D eigenvalue weighted by molar-refractivity contribution is 5.92. The molecular formula is C16H20. The van der Waals surface area contributed by atoms with Crippen molar-refractivity contribution in [3.05, 3.63) is 46.5 Å². The highest BCUT2D eigenvalue weighted by Gasteiger charge is 2.08. The lowest BCUT2D eigenvalue weighted by molar-refractivity contribution is 0.920. The Hall–Kier alpha value is -1.30. The number of benzene rings is 2. The van der Waals surface area contributed by atoms with E-state index in [0.29, 0.717) is 0 Å². The van der Waals surface area contributed by atoms with Crippen LogP contribution in [0.3, 0.4) is 0 Å². The number of fused-ring (bicyclic) bond motifs is 1. The Labute approximate surface area is 98.3 Å². The van der Waals surface area contributed by atoms with Crippen LogP contribution in [-0.4, -0.2) is 0 Å².